The highest BCUT2D eigenvalue weighted by molar-refractivity contribution is 5.11. The van der Waals surface area contributed by atoms with Gasteiger partial charge in [-0.15, -0.1) is 0 Å². The van der Waals surface area contributed by atoms with E-state index in [1.165, 1.54) is 5.56 Å². The van der Waals surface area contributed by atoms with Crippen LogP contribution in [0, 0.1) is 0 Å². The van der Waals surface area contributed by atoms with Crippen molar-refractivity contribution >= 4 is 0 Å². The lowest BCUT2D eigenvalue weighted by Crippen LogP contribution is -2.24. The van der Waals surface area contributed by atoms with Crippen molar-refractivity contribution < 1.29 is 0 Å². The number of hydrogen-bond acceptors (Lipinski definition) is 4. The van der Waals surface area contributed by atoms with Crippen LogP contribution in [0.5, 0.6) is 0 Å². The molecule has 17 heavy (non-hydrogen) atoms. The minimum absolute atomic E-state index is 0.192. The van der Waals surface area contributed by atoms with Gasteiger partial charge in [-0.2, -0.15) is 20.5 Å². The minimum atomic E-state index is 0.192. The Morgan fingerprint density at radius 1 is 1.47 bits per heavy atom. The quantitative estimate of drug-likeness (QED) is 0.776. The van der Waals surface area contributed by atoms with Gasteiger partial charge in [-0.25, -0.2) is 0 Å². The summed E-state index contributed by atoms with van der Waals surface area (Å²) in [5.41, 5.74) is 2.14. The number of nitrogens with zero attached hydrogens (tertiary/aromatic N) is 4. The van der Waals surface area contributed by atoms with Crippen LogP contribution >= 0.6 is 0 Å². The molecule has 0 saturated carbocycles. The molecule has 1 unspecified atom stereocenters. The second kappa shape index (κ2) is 5.58. The first kappa shape index (κ1) is 11.8. The van der Waals surface area contributed by atoms with E-state index in [4.69, 9.17) is 0 Å². The van der Waals surface area contributed by atoms with Crippen LogP contribution in [-0.4, -0.2) is 31.7 Å². The monoisotopic (exact) mass is 234 g/mol. The van der Waals surface area contributed by atoms with Crippen LogP contribution in [0.1, 0.15) is 30.6 Å². The summed E-state index contributed by atoms with van der Waals surface area (Å²) < 4.78 is 1.81. The molecular formula is C11H18N6. The first-order valence-electron chi connectivity index (χ1n) is 5.86. The Labute approximate surface area is 100 Å². The predicted molar refractivity (Wildman–Crippen MR) is 64.3 cm³/mol. The van der Waals surface area contributed by atoms with Gasteiger partial charge in [-0.3, -0.25) is 4.68 Å². The normalized spacial score (nSPS) is 12.8. The van der Waals surface area contributed by atoms with Gasteiger partial charge in [0, 0.05) is 13.2 Å². The van der Waals surface area contributed by atoms with E-state index in [0.717, 1.165) is 25.1 Å². The Morgan fingerprint density at radius 3 is 2.94 bits per heavy atom. The predicted octanol–water partition coefficient (Wildman–Crippen LogP) is 0.822. The van der Waals surface area contributed by atoms with Crippen LogP contribution in [0.2, 0.25) is 0 Å². The molecule has 0 saturated heterocycles. The molecule has 0 aromatic carbocycles. The van der Waals surface area contributed by atoms with E-state index in [9.17, 15) is 0 Å². The van der Waals surface area contributed by atoms with Gasteiger partial charge in [-0.1, -0.05) is 6.92 Å². The first-order valence-corrected chi connectivity index (χ1v) is 5.86. The first-order chi connectivity index (χ1) is 8.29. The fourth-order valence-electron chi connectivity index (χ4n) is 1.79. The van der Waals surface area contributed by atoms with Crippen molar-refractivity contribution in [3.63, 3.8) is 0 Å². The number of hydrogen-bond donors (Lipinski definition) is 2. The maximum Gasteiger partial charge on any atom is 0.0997 e. The molecule has 0 radical (unpaired) electrons. The lowest BCUT2D eigenvalue weighted by molar-refractivity contribution is 0.516. The maximum atomic E-state index is 4.18. The zero-order valence-electron chi connectivity index (χ0n) is 10.2. The lowest BCUT2D eigenvalue weighted by atomic mass is 10.1. The summed E-state index contributed by atoms with van der Waals surface area (Å²) in [6, 6.07) is 0.192. The van der Waals surface area contributed by atoms with E-state index in [0.29, 0.717) is 0 Å². The number of aryl methyl sites for hydroxylation is 1. The summed E-state index contributed by atoms with van der Waals surface area (Å²) in [5, 5.41) is 18.3. The van der Waals surface area contributed by atoms with Crippen LogP contribution < -0.4 is 5.32 Å². The van der Waals surface area contributed by atoms with Crippen molar-refractivity contribution in [2.75, 3.05) is 6.54 Å². The molecule has 2 N–H and O–H groups in total. The Balaban J connectivity index is 2.05. The van der Waals surface area contributed by atoms with Gasteiger partial charge in [0.2, 0.25) is 0 Å². The highest BCUT2D eigenvalue weighted by Gasteiger charge is 2.14. The van der Waals surface area contributed by atoms with E-state index >= 15 is 0 Å². The molecule has 2 aromatic heterocycles. The average molecular weight is 234 g/mol. The van der Waals surface area contributed by atoms with Crippen LogP contribution in [0.25, 0.3) is 0 Å². The smallest absolute Gasteiger partial charge is 0.0997 e. The molecule has 0 aliphatic carbocycles. The van der Waals surface area contributed by atoms with Crippen molar-refractivity contribution in [2.45, 2.75) is 25.8 Å². The Morgan fingerprint density at radius 2 is 2.35 bits per heavy atom. The standard InChI is InChI=1S/C11H18N6/c1-3-4-12-10(11-7-13-16-15-11)5-9-6-14-17(2)8-9/h6-8,10,12H,3-5H2,1-2H3,(H,13,15,16). The number of rotatable bonds is 6. The van der Waals surface area contributed by atoms with Gasteiger partial charge in [0.05, 0.1) is 24.1 Å². The third kappa shape index (κ3) is 3.13. The lowest BCUT2D eigenvalue weighted by Gasteiger charge is -2.14. The van der Waals surface area contributed by atoms with Crippen molar-refractivity contribution in [3.8, 4) is 0 Å². The van der Waals surface area contributed by atoms with Gasteiger partial charge in [0.15, 0.2) is 0 Å². The number of H-pyrrole nitrogens is 1. The van der Waals surface area contributed by atoms with Gasteiger partial charge in [-0.05, 0) is 24.9 Å². The average Bonchev–Trinajstić information content (AvgIpc) is 2.95. The zero-order valence-corrected chi connectivity index (χ0v) is 10.2. The Hall–Kier alpha value is -1.69. The summed E-state index contributed by atoms with van der Waals surface area (Å²) in [5.74, 6) is 0. The van der Waals surface area contributed by atoms with Crippen molar-refractivity contribution in [2.24, 2.45) is 7.05 Å². The number of nitrogens with one attached hydrogen (secondary N) is 2. The largest absolute Gasteiger partial charge is 0.308 e. The molecule has 6 heteroatoms. The van der Waals surface area contributed by atoms with E-state index in [1.54, 1.807) is 6.20 Å². The van der Waals surface area contributed by atoms with Gasteiger partial charge in [0.25, 0.3) is 0 Å². The Bertz CT molecular complexity index is 433. The fourth-order valence-corrected chi connectivity index (χ4v) is 1.79. The molecule has 2 heterocycles. The molecule has 92 valence electrons. The van der Waals surface area contributed by atoms with Crippen molar-refractivity contribution in [1.29, 1.82) is 0 Å². The van der Waals surface area contributed by atoms with Crippen LogP contribution in [0.3, 0.4) is 0 Å². The second-order valence-corrected chi connectivity index (χ2v) is 4.13. The summed E-state index contributed by atoms with van der Waals surface area (Å²) in [6.07, 6.45) is 7.66. The topological polar surface area (TPSA) is 71.4 Å². The molecule has 0 amide bonds. The highest BCUT2D eigenvalue weighted by Crippen LogP contribution is 2.15. The van der Waals surface area contributed by atoms with E-state index in [1.807, 2.05) is 24.1 Å². The molecule has 0 aliphatic heterocycles. The third-order valence-corrected chi connectivity index (χ3v) is 2.63. The fraction of sp³-hybridized carbons (Fsp3) is 0.545. The van der Waals surface area contributed by atoms with E-state index < -0.39 is 0 Å². The SMILES string of the molecule is CCCNC(Cc1cnn(C)c1)c1cn[nH]n1. The summed E-state index contributed by atoms with van der Waals surface area (Å²) in [4.78, 5) is 0. The summed E-state index contributed by atoms with van der Waals surface area (Å²) >= 11 is 0. The summed E-state index contributed by atoms with van der Waals surface area (Å²) in [7, 11) is 1.92. The zero-order chi connectivity index (χ0) is 12.1. The third-order valence-electron chi connectivity index (χ3n) is 2.63. The molecule has 0 spiro atoms. The van der Waals surface area contributed by atoms with Gasteiger partial charge < -0.3 is 5.32 Å². The number of aromatic amines is 1. The van der Waals surface area contributed by atoms with Gasteiger partial charge >= 0.3 is 0 Å². The molecule has 2 rings (SSSR count). The van der Waals surface area contributed by atoms with Crippen LogP contribution in [-0.2, 0) is 13.5 Å². The van der Waals surface area contributed by atoms with Crippen LogP contribution in [0.15, 0.2) is 18.6 Å². The molecule has 1 atom stereocenters. The number of aromatic nitrogens is 5. The Kier molecular flexibility index (Phi) is 3.87. The van der Waals surface area contributed by atoms with Gasteiger partial charge in [0.1, 0.15) is 0 Å². The molecule has 0 aliphatic rings. The molecule has 6 nitrogen and oxygen atoms in total. The maximum absolute atomic E-state index is 4.18. The van der Waals surface area contributed by atoms with Crippen LogP contribution in [0.4, 0.5) is 0 Å². The van der Waals surface area contributed by atoms with Crippen molar-refractivity contribution in [1.82, 2.24) is 30.5 Å². The molecule has 0 bridgehead atoms. The molecular weight excluding hydrogens is 216 g/mol. The van der Waals surface area contributed by atoms with E-state index in [-0.39, 0.29) is 6.04 Å². The highest BCUT2D eigenvalue weighted by atomic mass is 15.3. The van der Waals surface area contributed by atoms with Crippen molar-refractivity contribution in [3.05, 3.63) is 29.8 Å². The minimum Gasteiger partial charge on any atom is -0.308 e. The molecule has 0 fully saturated rings. The second-order valence-electron chi connectivity index (χ2n) is 4.13. The molecule has 2 aromatic rings. The summed E-state index contributed by atoms with van der Waals surface area (Å²) in [6.45, 7) is 3.12. The van der Waals surface area contributed by atoms with E-state index in [2.05, 4.69) is 32.7 Å².